The fourth-order valence-corrected chi connectivity index (χ4v) is 7.58. The van der Waals surface area contributed by atoms with Gasteiger partial charge >= 0.3 is 0 Å². The molecule has 0 aliphatic carbocycles. The highest BCUT2D eigenvalue weighted by Crippen LogP contribution is 2.23. The average Bonchev–Trinajstić information content (AvgIpc) is 4.23. The molecule has 4 N–H and O–H groups in total. The van der Waals surface area contributed by atoms with Crippen LogP contribution in [0.15, 0.2) is 148 Å². The largest absolute Gasteiger partial charge is 0.366 e. The van der Waals surface area contributed by atoms with Crippen molar-refractivity contribution in [2.45, 2.75) is 0 Å². The van der Waals surface area contributed by atoms with Gasteiger partial charge in [0.15, 0.2) is 23.3 Å². The first kappa shape index (κ1) is 49.2. The minimum atomic E-state index is -0.494. The second kappa shape index (κ2) is 21.7. The van der Waals surface area contributed by atoms with Gasteiger partial charge in [0.05, 0.1) is 117 Å². The molecule has 8 aromatic heterocycles. The molecule has 0 radical (unpaired) electrons. The summed E-state index contributed by atoms with van der Waals surface area (Å²) < 4.78 is 6.95. The average molecular weight is 1060 g/mol. The van der Waals surface area contributed by atoms with E-state index in [4.69, 9.17) is 68.4 Å². The molecule has 22 nitrogen and oxygen atoms in total. The predicted octanol–water partition coefficient (Wildman–Crippen LogP) is 7.82. The van der Waals surface area contributed by atoms with Crippen LogP contribution in [0.4, 0.5) is 0 Å². The number of nitrogens with two attached hydrogens (primary N) is 2. The van der Waals surface area contributed by atoms with Crippen molar-refractivity contribution in [1.29, 1.82) is 10.5 Å². The van der Waals surface area contributed by atoms with E-state index in [1.165, 1.54) is 24.8 Å². The first-order valence-electron chi connectivity index (χ1n) is 21.1. The summed E-state index contributed by atoms with van der Waals surface area (Å²) in [6, 6.07) is 24.8. The van der Waals surface area contributed by atoms with Crippen LogP contribution in [0.3, 0.4) is 0 Å². The van der Waals surface area contributed by atoms with Crippen LogP contribution in [0.2, 0.25) is 20.6 Å². The number of aromatic nitrogens is 16. The lowest BCUT2D eigenvalue weighted by Crippen LogP contribution is -2.10. The van der Waals surface area contributed by atoms with Crippen molar-refractivity contribution in [3.8, 4) is 35.4 Å². The molecule has 12 aromatic rings. The van der Waals surface area contributed by atoms with Crippen molar-refractivity contribution in [1.82, 2.24) is 78.1 Å². The van der Waals surface area contributed by atoms with Crippen molar-refractivity contribution >= 4 is 102 Å². The molecule has 0 unspecified atom stereocenters. The second-order valence-corrected chi connectivity index (χ2v) is 16.6. The lowest BCUT2D eigenvalue weighted by Gasteiger charge is -2.03. The van der Waals surface area contributed by atoms with E-state index in [0.717, 1.165) is 33.1 Å². The van der Waals surface area contributed by atoms with Gasteiger partial charge in [-0.2, -0.15) is 10.5 Å². The smallest absolute Gasteiger partial charge is 0.248 e. The van der Waals surface area contributed by atoms with E-state index in [9.17, 15) is 9.59 Å². The molecule has 26 heteroatoms. The fourth-order valence-electron chi connectivity index (χ4n) is 7.01. The molecule has 0 spiro atoms. The number of halogens is 4. The zero-order valence-electron chi connectivity index (χ0n) is 37.4. The highest BCUT2D eigenvalue weighted by atomic mass is 35.5. The Bertz CT molecular complexity index is 4180. The van der Waals surface area contributed by atoms with Gasteiger partial charge in [-0.3, -0.25) is 47.8 Å². The first-order chi connectivity index (χ1) is 35.8. The molecular weight excluding hydrogens is 1030 g/mol. The number of carbonyl (C=O) groups is 2. The summed E-state index contributed by atoms with van der Waals surface area (Å²) in [5, 5.41) is 19.0. The third-order valence-electron chi connectivity index (χ3n) is 10.4. The number of hydrogen-bond donors (Lipinski definition) is 2. The second-order valence-electron chi connectivity index (χ2n) is 15.0. The van der Waals surface area contributed by atoms with Gasteiger partial charge in [-0.05, 0) is 72.8 Å². The zero-order valence-corrected chi connectivity index (χ0v) is 40.4. The summed E-state index contributed by atoms with van der Waals surface area (Å²) in [5.41, 5.74) is 18.5. The number of nitrogens with zero attached hydrogens (tertiary/aromatic N) is 18. The SMILES string of the molecule is N#Cc1ccc2c(c1)ncn2-c1cncc(Cl)n1.N#Cc1ccc2ncn(-c3cncc(Cl)n3)c2c1.NC(=O)c1ccc2c(c1)ncn2-c1cncc(Cl)n1.NC(=O)c1ccc2ncn(-c3cncc(Cl)n3)c2c1. The molecular formula is C48H28Cl4N20O2. The summed E-state index contributed by atoms with van der Waals surface area (Å²) >= 11 is 23.2. The number of imidazole rings is 4. The summed E-state index contributed by atoms with van der Waals surface area (Å²) in [7, 11) is 0. The minimum Gasteiger partial charge on any atom is -0.366 e. The molecule has 0 aliphatic heterocycles. The van der Waals surface area contributed by atoms with Crippen LogP contribution in [-0.2, 0) is 0 Å². The monoisotopic (exact) mass is 1060 g/mol. The van der Waals surface area contributed by atoms with E-state index in [2.05, 4.69) is 71.9 Å². The van der Waals surface area contributed by atoms with E-state index in [1.54, 1.807) is 135 Å². The number of primary amides is 2. The summed E-state index contributed by atoms with van der Waals surface area (Å²) in [6.07, 6.45) is 18.6. The molecule has 4 aromatic carbocycles. The highest BCUT2D eigenvalue weighted by Gasteiger charge is 2.13. The first-order valence-corrected chi connectivity index (χ1v) is 22.6. The van der Waals surface area contributed by atoms with Crippen molar-refractivity contribution in [2.24, 2.45) is 11.5 Å². The number of fused-ring (bicyclic) bond motifs is 4. The molecule has 0 fully saturated rings. The Hall–Kier alpha value is -9.84. The number of amides is 2. The molecule has 0 aliphatic rings. The molecule has 0 bridgehead atoms. The Balaban J connectivity index is 0.000000121. The van der Waals surface area contributed by atoms with Crippen LogP contribution in [0, 0.1) is 22.7 Å². The van der Waals surface area contributed by atoms with Gasteiger partial charge in [0.1, 0.15) is 45.9 Å². The normalized spacial score (nSPS) is 10.6. The molecule has 0 saturated carbocycles. The van der Waals surface area contributed by atoms with Crippen LogP contribution in [-0.4, -0.2) is 89.9 Å². The van der Waals surface area contributed by atoms with Crippen LogP contribution in [0.1, 0.15) is 31.8 Å². The van der Waals surface area contributed by atoms with Gasteiger partial charge in [0.25, 0.3) is 0 Å². The Kier molecular flexibility index (Phi) is 14.4. The maximum absolute atomic E-state index is 11.2. The zero-order chi connectivity index (χ0) is 51.9. The third kappa shape index (κ3) is 10.9. The molecule has 360 valence electrons. The van der Waals surface area contributed by atoms with E-state index >= 15 is 0 Å². The van der Waals surface area contributed by atoms with Crippen LogP contribution >= 0.6 is 46.4 Å². The molecule has 12 rings (SSSR count). The third-order valence-corrected chi connectivity index (χ3v) is 11.1. The van der Waals surface area contributed by atoms with Gasteiger partial charge in [-0.1, -0.05) is 46.4 Å². The lowest BCUT2D eigenvalue weighted by molar-refractivity contribution is 0.0992. The number of carbonyl (C=O) groups excluding carboxylic acids is 2. The van der Waals surface area contributed by atoms with Gasteiger partial charge in [0.2, 0.25) is 11.8 Å². The minimum absolute atomic E-state index is 0.283. The van der Waals surface area contributed by atoms with Crippen LogP contribution in [0.25, 0.3) is 67.4 Å². The number of benzene rings is 4. The lowest BCUT2D eigenvalue weighted by atomic mass is 10.2. The highest BCUT2D eigenvalue weighted by molar-refractivity contribution is 6.30. The standard InChI is InChI=1S/2C12H8ClN5O.2C12H6ClN5/c13-10-4-15-5-11(17-10)18-6-16-8-3-7(12(14)19)1-2-9(8)18;13-10-4-15-5-11(17-10)18-6-16-8-2-1-7(12(14)19)3-9(8)18;13-11-5-15-6-12(17-11)18-7-16-9-3-8(4-14)1-2-10(9)18;13-11-5-15-6-12(17-11)18-7-16-9-2-1-8(4-14)3-10(9)18/h2*1-6H,(H2,14,19);2*1-3,5-7H. The van der Waals surface area contributed by atoms with Crippen molar-refractivity contribution in [3.05, 3.63) is 191 Å². The predicted molar refractivity (Wildman–Crippen MR) is 273 cm³/mol. The van der Waals surface area contributed by atoms with Crippen LogP contribution in [0.5, 0.6) is 0 Å². The van der Waals surface area contributed by atoms with Gasteiger partial charge in [0, 0.05) is 11.1 Å². The Morgan fingerprint density at radius 2 is 0.743 bits per heavy atom. The van der Waals surface area contributed by atoms with Crippen LogP contribution < -0.4 is 11.5 Å². The number of hydrogen-bond acceptors (Lipinski definition) is 16. The quantitative estimate of drug-likeness (QED) is 0.160. The number of rotatable bonds is 6. The Morgan fingerprint density at radius 1 is 0.405 bits per heavy atom. The van der Waals surface area contributed by atoms with E-state index in [0.29, 0.717) is 72.0 Å². The summed E-state index contributed by atoms with van der Waals surface area (Å²) in [5.74, 6) is 1.26. The van der Waals surface area contributed by atoms with Gasteiger partial charge < -0.3 is 11.5 Å². The Labute approximate surface area is 435 Å². The molecule has 8 heterocycles. The topological polar surface area (TPSA) is 308 Å². The van der Waals surface area contributed by atoms with Gasteiger partial charge in [-0.15, -0.1) is 0 Å². The maximum Gasteiger partial charge on any atom is 0.248 e. The molecule has 0 atom stereocenters. The van der Waals surface area contributed by atoms with Crippen molar-refractivity contribution in [2.75, 3.05) is 0 Å². The number of nitriles is 2. The summed E-state index contributed by atoms with van der Waals surface area (Å²) in [6.45, 7) is 0. The molecule has 2 amide bonds. The van der Waals surface area contributed by atoms with Gasteiger partial charge in [-0.25, -0.2) is 39.9 Å². The fraction of sp³-hybridized carbons (Fsp3) is 0. The summed E-state index contributed by atoms with van der Waals surface area (Å²) in [4.78, 5) is 71.8. The van der Waals surface area contributed by atoms with Crippen molar-refractivity contribution in [3.63, 3.8) is 0 Å². The van der Waals surface area contributed by atoms with E-state index < -0.39 is 11.8 Å². The molecule has 74 heavy (non-hydrogen) atoms. The Morgan fingerprint density at radius 3 is 1.18 bits per heavy atom. The maximum atomic E-state index is 11.2. The molecule has 0 saturated heterocycles. The van der Waals surface area contributed by atoms with E-state index in [1.807, 2.05) is 6.07 Å². The van der Waals surface area contributed by atoms with E-state index in [-0.39, 0.29) is 5.15 Å². The van der Waals surface area contributed by atoms with Crippen molar-refractivity contribution < 1.29 is 9.59 Å².